The molecule has 0 aliphatic heterocycles. The molecule has 4 aromatic rings. The molecule has 0 fully saturated rings. The fourth-order valence-corrected chi connectivity index (χ4v) is 4.07. The van der Waals surface area contributed by atoms with Crippen LogP contribution < -0.4 is 29.6 Å². The number of nitrogens with zero attached hydrogens (tertiary/aromatic N) is 2. The molecule has 4 rings (SSSR count). The molecule has 0 saturated carbocycles. The number of likely N-dealkylation sites (N-methyl/N-ethyl adjacent to an activating group) is 1. The number of benzene rings is 3. The molecule has 0 bridgehead atoms. The molecule has 9 nitrogen and oxygen atoms in total. The average Bonchev–Trinajstić information content (AvgIpc) is 2.95. The van der Waals surface area contributed by atoms with Crippen LogP contribution in [0.3, 0.4) is 0 Å². The molecule has 3 aromatic carbocycles. The molecule has 0 radical (unpaired) electrons. The summed E-state index contributed by atoms with van der Waals surface area (Å²) < 4.78 is 22.1. The van der Waals surface area contributed by atoms with E-state index in [0.717, 1.165) is 34.7 Å². The van der Waals surface area contributed by atoms with E-state index in [1.807, 2.05) is 57.4 Å². The van der Waals surface area contributed by atoms with Crippen molar-refractivity contribution in [3.05, 3.63) is 83.9 Å². The number of anilines is 3. The van der Waals surface area contributed by atoms with E-state index < -0.39 is 6.09 Å². The maximum atomic E-state index is 12.9. The molecular formula is C32H36N4O5. The van der Waals surface area contributed by atoms with E-state index in [0.29, 0.717) is 41.1 Å². The number of ether oxygens (including phenoxy) is 4. The van der Waals surface area contributed by atoms with Crippen LogP contribution in [0.1, 0.15) is 11.1 Å². The molecule has 0 aliphatic rings. The van der Waals surface area contributed by atoms with Crippen LogP contribution in [0.5, 0.6) is 23.0 Å². The van der Waals surface area contributed by atoms with Crippen molar-refractivity contribution in [1.29, 1.82) is 0 Å². The molecule has 41 heavy (non-hydrogen) atoms. The molecule has 1 heterocycles. The molecule has 9 heteroatoms. The van der Waals surface area contributed by atoms with Crippen LogP contribution >= 0.6 is 0 Å². The van der Waals surface area contributed by atoms with Gasteiger partial charge in [0.15, 0.2) is 0 Å². The topological polar surface area (TPSA) is 94.2 Å². The largest absolute Gasteiger partial charge is 0.497 e. The molecule has 0 saturated heterocycles. The number of aromatic nitrogens is 1. The quantitative estimate of drug-likeness (QED) is 0.211. The van der Waals surface area contributed by atoms with Crippen molar-refractivity contribution in [3.8, 4) is 34.3 Å². The maximum absolute atomic E-state index is 12.9. The minimum atomic E-state index is -0.670. The summed E-state index contributed by atoms with van der Waals surface area (Å²) in [7, 11) is 7.10. The van der Waals surface area contributed by atoms with Crippen molar-refractivity contribution in [2.45, 2.75) is 13.8 Å². The number of aryl methyl sites for hydroxylation is 1. The van der Waals surface area contributed by atoms with Gasteiger partial charge in [-0.15, -0.1) is 0 Å². The molecule has 0 spiro atoms. The zero-order chi connectivity index (χ0) is 29.4. The SMILES string of the molecule is COc1ccc(NC(=O)Oc2cc(Nc3ccc(OCCN(C)C)cc3)nc(-c3cccc(C)c3C)c2)c(OC)c1. The highest BCUT2D eigenvalue weighted by molar-refractivity contribution is 5.88. The number of hydrogen-bond donors (Lipinski definition) is 2. The first-order chi connectivity index (χ1) is 19.7. The van der Waals surface area contributed by atoms with Gasteiger partial charge in [0.2, 0.25) is 0 Å². The Kier molecular flexibility index (Phi) is 9.65. The van der Waals surface area contributed by atoms with Gasteiger partial charge in [0.25, 0.3) is 0 Å². The number of pyridine rings is 1. The lowest BCUT2D eigenvalue weighted by Crippen LogP contribution is -2.19. The van der Waals surface area contributed by atoms with Gasteiger partial charge >= 0.3 is 6.09 Å². The molecule has 0 atom stereocenters. The Balaban J connectivity index is 1.58. The number of hydrogen-bond acceptors (Lipinski definition) is 8. The molecule has 2 N–H and O–H groups in total. The Hall–Kier alpha value is -4.76. The Morgan fingerprint density at radius 3 is 2.34 bits per heavy atom. The van der Waals surface area contributed by atoms with Gasteiger partial charge in [0.1, 0.15) is 35.4 Å². The Labute approximate surface area is 241 Å². The van der Waals surface area contributed by atoms with Crippen LogP contribution in [-0.4, -0.2) is 57.4 Å². The zero-order valence-electron chi connectivity index (χ0n) is 24.3. The lowest BCUT2D eigenvalue weighted by molar-refractivity contribution is 0.215. The molecule has 1 aromatic heterocycles. The van der Waals surface area contributed by atoms with Crippen LogP contribution in [0.15, 0.2) is 72.8 Å². The van der Waals surface area contributed by atoms with E-state index in [2.05, 4.69) is 28.5 Å². The lowest BCUT2D eigenvalue weighted by Gasteiger charge is -2.15. The molecule has 1 amide bonds. The number of carbonyl (C=O) groups is 1. The summed E-state index contributed by atoms with van der Waals surface area (Å²) in [5, 5.41) is 6.06. The van der Waals surface area contributed by atoms with Gasteiger partial charge in [-0.1, -0.05) is 18.2 Å². The first-order valence-corrected chi connectivity index (χ1v) is 13.2. The third-order valence-corrected chi connectivity index (χ3v) is 6.47. The van der Waals surface area contributed by atoms with Crippen molar-refractivity contribution in [1.82, 2.24) is 9.88 Å². The minimum absolute atomic E-state index is 0.326. The number of amides is 1. The van der Waals surface area contributed by atoms with Crippen molar-refractivity contribution in [2.24, 2.45) is 0 Å². The van der Waals surface area contributed by atoms with Gasteiger partial charge in [-0.3, -0.25) is 5.32 Å². The fraction of sp³-hybridized carbons (Fsp3) is 0.250. The van der Waals surface area contributed by atoms with Crippen molar-refractivity contribution >= 4 is 23.3 Å². The second-order valence-electron chi connectivity index (χ2n) is 9.70. The summed E-state index contributed by atoms with van der Waals surface area (Å²) >= 11 is 0. The summed E-state index contributed by atoms with van der Waals surface area (Å²) in [6.45, 7) is 5.53. The first-order valence-electron chi connectivity index (χ1n) is 13.2. The number of rotatable bonds is 11. The predicted octanol–water partition coefficient (Wildman–Crippen LogP) is 6.68. The second-order valence-corrected chi connectivity index (χ2v) is 9.70. The van der Waals surface area contributed by atoms with Gasteiger partial charge in [-0.2, -0.15) is 0 Å². The third kappa shape index (κ3) is 7.89. The zero-order valence-corrected chi connectivity index (χ0v) is 24.3. The highest BCUT2D eigenvalue weighted by Gasteiger charge is 2.15. The van der Waals surface area contributed by atoms with E-state index in [4.69, 9.17) is 23.9 Å². The number of methoxy groups -OCH3 is 2. The van der Waals surface area contributed by atoms with Crippen LogP contribution in [0, 0.1) is 13.8 Å². The normalized spacial score (nSPS) is 10.7. The molecule has 214 valence electrons. The molecule has 0 unspecified atom stereocenters. The van der Waals surface area contributed by atoms with E-state index >= 15 is 0 Å². The summed E-state index contributed by atoms with van der Waals surface area (Å²) in [5.41, 5.74) is 5.11. The summed E-state index contributed by atoms with van der Waals surface area (Å²) in [6, 6.07) is 22.2. The molecule has 0 aliphatic carbocycles. The Morgan fingerprint density at radius 1 is 0.878 bits per heavy atom. The standard InChI is InChI=1S/C32H36N4O5/c1-21-8-7-9-27(22(21)2)29-18-26(41-32(37)35-28-15-14-25(38-5)19-30(28)39-6)20-31(34-29)33-23-10-12-24(13-11-23)40-17-16-36(3)4/h7-15,18-20H,16-17H2,1-6H3,(H,33,34)(H,35,37). The smallest absolute Gasteiger partial charge is 0.417 e. The first kappa shape index (κ1) is 29.2. The summed E-state index contributed by atoms with van der Waals surface area (Å²) in [5.74, 6) is 2.69. The van der Waals surface area contributed by atoms with Crippen molar-refractivity contribution in [3.63, 3.8) is 0 Å². The Morgan fingerprint density at radius 2 is 1.63 bits per heavy atom. The van der Waals surface area contributed by atoms with Crippen LogP contribution in [0.4, 0.5) is 22.0 Å². The minimum Gasteiger partial charge on any atom is -0.497 e. The van der Waals surface area contributed by atoms with Gasteiger partial charge in [0, 0.05) is 36.0 Å². The van der Waals surface area contributed by atoms with Crippen molar-refractivity contribution < 1.29 is 23.7 Å². The highest BCUT2D eigenvalue weighted by atomic mass is 16.6. The second kappa shape index (κ2) is 13.5. The van der Waals surface area contributed by atoms with Gasteiger partial charge in [-0.05, 0) is 75.5 Å². The fourth-order valence-electron chi connectivity index (χ4n) is 4.07. The van der Waals surface area contributed by atoms with Gasteiger partial charge in [0.05, 0.1) is 25.6 Å². The van der Waals surface area contributed by atoms with Crippen LogP contribution in [0.25, 0.3) is 11.3 Å². The maximum Gasteiger partial charge on any atom is 0.417 e. The van der Waals surface area contributed by atoms with E-state index in [9.17, 15) is 4.79 Å². The lowest BCUT2D eigenvalue weighted by atomic mass is 10.0. The number of nitrogens with one attached hydrogen (secondary N) is 2. The van der Waals surface area contributed by atoms with E-state index in [1.54, 1.807) is 37.4 Å². The highest BCUT2D eigenvalue weighted by Crippen LogP contribution is 2.32. The number of carbonyl (C=O) groups excluding carboxylic acids is 1. The van der Waals surface area contributed by atoms with E-state index in [1.165, 1.54) is 7.11 Å². The predicted molar refractivity (Wildman–Crippen MR) is 162 cm³/mol. The van der Waals surface area contributed by atoms with Crippen molar-refractivity contribution in [2.75, 3.05) is 52.1 Å². The Bertz CT molecular complexity index is 1490. The average molecular weight is 557 g/mol. The molecular weight excluding hydrogens is 520 g/mol. The monoisotopic (exact) mass is 556 g/mol. The van der Waals surface area contributed by atoms with Crippen LogP contribution in [0.2, 0.25) is 0 Å². The van der Waals surface area contributed by atoms with E-state index in [-0.39, 0.29) is 0 Å². The van der Waals surface area contributed by atoms with Crippen LogP contribution in [-0.2, 0) is 0 Å². The summed E-state index contributed by atoms with van der Waals surface area (Å²) in [6.07, 6.45) is -0.670. The van der Waals surface area contributed by atoms with Gasteiger partial charge < -0.3 is 29.2 Å². The summed E-state index contributed by atoms with van der Waals surface area (Å²) in [4.78, 5) is 19.8. The third-order valence-electron chi connectivity index (χ3n) is 6.47. The van der Waals surface area contributed by atoms with Gasteiger partial charge in [-0.25, -0.2) is 9.78 Å².